The summed E-state index contributed by atoms with van der Waals surface area (Å²) in [4.78, 5) is 24.0. The van der Waals surface area contributed by atoms with Gasteiger partial charge in [-0.05, 0) is 73.2 Å². The molecule has 3 aromatic carbocycles. The summed E-state index contributed by atoms with van der Waals surface area (Å²) in [6, 6.07) is 17.1. The number of hydrogen-bond acceptors (Lipinski definition) is 7. The number of methoxy groups -OCH3 is 2. The van der Waals surface area contributed by atoms with E-state index in [2.05, 4.69) is 14.8 Å². The number of ether oxygens (including phenoxy) is 3. The van der Waals surface area contributed by atoms with Gasteiger partial charge in [0.25, 0.3) is 15.9 Å². The highest BCUT2D eigenvalue weighted by Gasteiger charge is 2.19. The average molecular weight is 485 g/mol. The first-order valence-corrected chi connectivity index (χ1v) is 11.6. The number of rotatable bonds is 9. The summed E-state index contributed by atoms with van der Waals surface area (Å²) in [5.41, 5.74) is 1.66. The van der Waals surface area contributed by atoms with E-state index in [1.165, 1.54) is 26.4 Å². The number of carbonyl (C=O) groups excluding carboxylic acids is 2. The number of esters is 1. The number of nitrogens with one attached hydrogen (secondary N) is 2. The summed E-state index contributed by atoms with van der Waals surface area (Å²) in [6.07, 6.45) is 0. The molecule has 3 aromatic rings. The number of carbonyl (C=O) groups is 2. The van der Waals surface area contributed by atoms with E-state index < -0.39 is 21.9 Å². The molecule has 0 unspecified atom stereocenters. The van der Waals surface area contributed by atoms with E-state index in [0.717, 1.165) is 0 Å². The molecule has 10 heteroatoms. The third kappa shape index (κ3) is 6.26. The van der Waals surface area contributed by atoms with Crippen LogP contribution in [0.15, 0.2) is 71.6 Å². The predicted octanol–water partition coefficient (Wildman–Crippen LogP) is 3.61. The van der Waals surface area contributed by atoms with Gasteiger partial charge in [-0.2, -0.15) is 0 Å². The van der Waals surface area contributed by atoms with Crippen molar-refractivity contribution in [2.24, 2.45) is 0 Å². The fourth-order valence-corrected chi connectivity index (χ4v) is 4.00. The zero-order chi connectivity index (χ0) is 24.7. The lowest BCUT2D eigenvalue weighted by Gasteiger charge is -2.12. The second kappa shape index (κ2) is 10.7. The Labute approximate surface area is 197 Å². The summed E-state index contributed by atoms with van der Waals surface area (Å²) in [6.45, 7) is 1.49. The monoisotopic (exact) mass is 484 g/mol. The molecule has 9 nitrogen and oxygen atoms in total. The molecule has 0 fully saturated rings. The largest absolute Gasteiger partial charge is 0.497 e. The molecule has 0 aliphatic rings. The maximum absolute atomic E-state index is 12.8. The highest BCUT2D eigenvalue weighted by Crippen LogP contribution is 2.22. The minimum atomic E-state index is -3.92. The van der Waals surface area contributed by atoms with E-state index >= 15 is 0 Å². The summed E-state index contributed by atoms with van der Waals surface area (Å²) >= 11 is 0. The van der Waals surface area contributed by atoms with Gasteiger partial charge in [0.1, 0.15) is 11.5 Å². The van der Waals surface area contributed by atoms with Gasteiger partial charge in [-0.25, -0.2) is 13.2 Å². The van der Waals surface area contributed by atoms with E-state index in [-0.39, 0.29) is 17.1 Å². The highest BCUT2D eigenvalue weighted by molar-refractivity contribution is 7.92. The Kier molecular flexibility index (Phi) is 7.75. The normalized spacial score (nSPS) is 10.8. The van der Waals surface area contributed by atoms with Gasteiger partial charge in [0.2, 0.25) is 0 Å². The second-order valence-corrected chi connectivity index (χ2v) is 8.84. The van der Waals surface area contributed by atoms with E-state index in [9.17, 15) is 18.0 Å². The molecule has 34 heavy (non-hydrogen) atoms. The van der Waals surface area contributed by atoms with Crippen LogP contribution in [-0.2, 0) is 19.6 Å². The van der Waals surface area contributed by atoms with E-state index in [1.807, 2.05) is 0 Å². The van der Waals surface area contributed by atoms with Gasteiger partial charge in [0, 0.05) is 16.9 Å². The molecular formula is C24H24N2O7S. The average Bonchev–Trinajstić information content (AvgIpc) is 2.83. The van der Waals surface area contributed by atoms with Crippen LogP contribution in [-0.4, -0.2) is 41.1 Å². The summed E-state index contributed by atoms with van der Waals surface area (Å²) in [5.74, 6) is 0.0453. The Hall–Kier alpha value is -4.05. The molecule has 2 N–H and O–H groups in total. The lowest BCUT2D eigenvalue weighted by atomic mass is 10.1. The van der Waals surface area contributed by atoms with Crippen LogP contribution in [0.1, 0.15) is 15.9 Å². The lowest BCUT2D eigenvalue weighted by Crippen LogP contribution is -2.17. The van der Waals surface area contributed by atoms with Gasteiger partial charge >= 0.3 is 5.97 Å². The van der Waals surface area contributed by atoms with Crippen molar-refractivity contribution >= 4 is 33.3 Å². The first kappa shape index (κ1) is 24.6. The van der Waals surface area contributed by atoms with Crippen LogP contribution >= 0.6 is 0 Å². The van der Waals surface area contributed by atoms with Gasteiger partial charge < -0.3 is 19.5 Å². The smallest absolute Gasteiger partial charge is 0.343 e. The summed E-state index contributed by atoms with van der Waals surface area (Å²) in [5, 5.41) is 2.73. The van der Waals surface area contributed by atoms with Crippen molar-refractivity contribution < 1.29 is 32.2 Å². The van der Waals surface area contributed by atoms with Crippen LogP contribution in [0, 0.1) is 6.92 Å². The fourth-order valence-electron chi connectivity index (χ4n) is 2.92. The number of benzene rings is 3. The van der Waals surface area contributed by atoms with Crippen molar-refractivity contribution in [3.8, 4) is 11.5 Å². The van der Waals surface area contributed by atoms with Gasteiger partial charge in [-0.3, -0.25) is 9.52 Å². The standard InChI is InChI=1S/C24H24N2O7S/c1-16-4-13-21(34(29,30)26-18-7-9-19(31-2)10-8-18)14-22(16)24(28)25-17-5-11-20(12-6-17)33-15-23(27)32-3/h4-14,26H,15H2,1-3H3,(H,25,28). The molecule has 0 aromatic heterocycles. The minimum absolute atomic E-state index is 0.0503. The molecule has 0 heterocycles. The third-order valence-electron chi connectivity index (χ3n) is 4.80. The molecular weight excluding hydrogens is 460 g/mol. The van der Waals surface area contributed by atoms with Gasteiger partial charge in [0.15, 0.2) is 6.61 Å². The first-order valence-electron chi connectivity index (χ1n) is 10.1. The molecule has 0 bridgehead atoms. The van der Waals surface area contributed by atoms with Crippen LogP contribution in [0.4, 0.5) is 11.4 Å². The Balaban J connectivity index is 1.73. The molecule has 0 atom stereocenters. The van der Waals surface area contributed by atoms with Gasteiger partial charge in [-0.1, -0.05) is 6.07 Å². The second-order valence-electron chi connectivity index (χ2n) is 7.15. The molecule has 0 radical (unpaired) electrons. The maximum Gasteiger partial charge on any atom is 0.343 e. The third-order valence-corrected chi connectivity index (χ3v) is 6.18. The lowest BCUT2D eigenvalue weighted by molar-refractivity contribution is -0.142. The Morgan fingerprint density at radius 1 is 0.853 bits per heavy atom. The molecule has 1 amide bonds. The zero-order valence-electron chi connectivity index (χ0n) is 18.8. The number of aryl methyl sites for hydroxylation is 1. The molecule has 0 aliphatic heterocycles. The SMILES string of the molecule is COC(=O)COc1ccc(NC(=O)c2cc(S(=O)(=O)Nc3ccc(OC)cc3)ccc2C)cc1. The van der Waals surface area contributed by atoms with Crippen LogP contribution in [0.2, 0.25) is 0 Å². The number of hydrogen-bond donors (Lipinski definition) is 2. The van der Waals surface area contributed by atoms with Crippen LogP contribution in [0.25, 0.3) is 0 Å². The van der Waals surface area contributed by atoms with E-state index in [4.69, 9.17) is 9.47 Å². The number of anilines is 2. The number of sulfonamides is 1. The van der Waals surface area contributed by atoms with Crippen LogP contribution in [0.5, 0.6) is 11.5 Å². The first-order chi connectivity index (χ1) is 16.2. The molecule has 0 saturated heterocycles. The van der Waals surface area contributed by atoms with Crippen LogP contribution in [0.3, 0.4) is 0 Å². The van der Waals surface area contributed by atoms with Crippen molar-refractivity contribution in [1.29, 1.82) is 0 Å². The van der Waals surface area contributed by atoms with Crippen molar-refractivity contribution in [1.82, 2.24) is 0 Å². The van der Waals surface area contributed by atoms with Crippen molar-refractivity contribution in [2.75, 3.05) is 30.9 Å². The van der Waals surface area contributed by atoms with Crippen LogP contribution < -0.4 is 19.5 Å². The Morgan fingerprint density at radius 2 is 1.47 bits per heavy atom. The van der Waals surface area contributed by atoms with Crippen molar-refractivity contribution in [2.45, 2.75) is 11.8 Å². The molecule has 0 aliphatic carbocycles. The fraction of sp³-hybridized carbons (Fsp3) is 0.167. The minimum Gasteiger partial charge on any atom is -0.497 e. The molecule has 3 rings (SSSR count). The topological polar surface area (TPSA) is 120 Å². The van der Waals surface area contributed by atoms with Gasteiger partial charge in [0.05, 0.1) is 19.1 Å². The molecule has 0 spiro atoms. The Bertz CT molecular complexity index is 1270. The van der Waals surface area contributed by atoms with E-state index in [1.54, 1.807) is 61.5 Å². The Morgan fingerprint density at radius 3 is 2.09 bits per heavy atom. The van der Waals surface area contributed by atoms with Crippen molar-refractivity contribution in [3.05, 3.63) is 77.9 Å². The van der Waals surface area contributed by atoms with Crippen molar-refractivity contribution in [3.63, 3.8) is 0 Å². The maximum atomic E-state index is 12.8. The predicted molar refractivity (Wildman–Crippen MR) is 127 cm³/mol. The summed E-state index contributed by atoms with van der Waals surface area (Å²) in [7, 11) is -1.14. The highest BCUT2D eigenvalue weighted by atomic mass is 32.2. The summed E-state index contributed by atoms with van der Waals surface area (Å²) < 4.78 is 43.0. The van der Waals surface area contributed by atoms with E-state index in [0.29, 0.717) is 28.4 Å². The quantitative estimate of drug-likeness (QED) is 0.445. The number of amides is 1. The van der Waals surface area contributed by atoms with Gasteiger partial charge in [-0.15, -0.1) is 0 Å². The zero-order valence-corrected chi connectivity index (χ0v) is 19.6. The molecule has 178 valence electrons. The molecule has 0 saturated carbocycles.